The Labute approximate surface area is 76.3 Å². The average Bonchev–Trinajstić information content (AvgIpc) is 2.10. The molecule has 0 saturated heterocycles. The molecule has 0 bridgehead atoms. The van der Waals surface area contributed by atoms with Crippen molar-refractivity contribution in [1.29, 1.82) is 0 Å². The van der Waals surface area contributed by atoms with Crippen LogP contribution in [0.25, 0.3) is 0 Å². The molecule has 0 radical (unpaired) electrons. The minimum Gasteiger partial charge on any atom is -0.465 e. The number of hydrogen-bond acceptors (Lipinski definition) is 4. The van der Waals surface area contributed by atoms with Gasteiger partial charge in [0.1, 0.15) is 0 Å². The fourth-order valence-electron chi connectivity index (χ4n) is 1.02. The van der Waals surface area contributed by atoms with Crippen molar-refractivity contribution in [2.24, 2.45) is 10.9 Å². The van der Waals surface area contributed by atoms with E-state index < -0.39 is 11.9 Å². The molecule has 1 heterocycles. The Balaban J connectivity index is 2.73. The van der Waals surface area contributed by atoms with Gasteiger partial charge in [0, 0.05) is 18.0 Å². The Morgan fingerprint density at radius 1 is 1.69 bits per heavy atom. The predicted octanol–water partition coefficient (Wildman–Crippen LogP) is 0.723. The summed E-state index contributed by atoms with van der Waals surface area (Å²) in [5, 5.41) is 0. The number of ketones is 1. The van der Waals surface area contributed by atoms with E-state index in [0.29, 0.717) is 5.57 Å². The van der Waals surface area contributed by atoms with Crippen LogP contribution in [-0.2, 0) is 14.3 Å². The van der Waals surface area contributed by atoms with E-state index in [4.69, 9.17) is 4.74 Å². The van der Waals surface area contributed by atoms with Gasteiger partial charge in [-0.15, -0.1) is 0 Å². The minimum atomic E-state index is -0.843. The lowest BCUT2D eigenvalue weighted by Gasteiger charge is -2.12. The van der Waals surface area contributed by atoms with Crippen molar-refractivity contribution >= 4 is 18.0 Å². The third kappa shape index (κ3) is 2.02. The normalized spacial score (nSPS) is 21.2. The number of ether oxygens (including phenoxy) is 1. The van der Waals surface area contributed by atoms with Crippen molar-refractivity contribution in [3.8, 4) is 0 Å². The van der Waals surface area contributed by atoms with E-state index in [1.165, 1.54) is 12.4 Å². The molecular weight excluding hydrogens is 170 g/mol. The van der Waals surface area contributed by atoms with Crippen LogP contribution >= 0.6 is 0 Å². The van der Waals surface area contributed by atoms with Crippen LogP contribution in [0.2, 0.25) is 0 Å². The first kappa shape index (κ1) is 9.64. The second-order valence-corrected chi connectivity index (χ2v) is 2.70. The number of Topliss-reactive ketones (excluding diaryl/α,β-unsaturated/α-hetero) is 1. The second-order valence-electron chi connectivity index (χ2n) is 2.70. The van der Waals surface area contributed by atoms with Gasteiger partial charge in [0.2, 0.25) is 0 Å². The number of nitrogens with zero attached hydrogens (tertiary/aromatic N) is 1. The third-order valence-electron chi connectivity index (χ3n) is 1.71. The van der Waals surface area contributed by atoms with Crippen LogP contribution in [0, 0.1) is 5.92 Å². The zero-order chi connectivity index (χ0) is 9.84. The molecule has 0 fully saturated rings. The van der Waals surface area contributed by atoms with Gasteiger partial charge in [0.05, 0.1) is 6.61 Å². The number of esters is 1. The summed E-state index contributed by atoms with van der Waals surface area (Å²) in [7, 11) is 0. The zero-order valence-corrected chi connectivity index (χ0v) is 7.61. The van der Waals surface area contributed by atoms with Crippen LogP contribution in [0.15, 0.2) is 16.8 Å². The van der Waals surface area contributed by atoms with E-state index in [2.05, 4.69) is 4.99 Å². The van der Waals surface area contributed by atoms with Crippen LogP contribution in [0.5, 0.6) is 0 Å². The van der Waals surface area contributed by atoms with Crippen LogP contribution < -0.4 is 0 Å². The molecule has 0 aromatic rings. The molecule has 13 heavy (non-hydrogen) atoms. The summed E-state index contributed by atoms with van der Waals surface area (Å²) in [6.45, 7) is 3.61. The van der Waals surface area contributed by atoms with E-state index in [0.717, 1.165) is 0 Å². The average molecular weight is 181 g/mol. The molecule has 70 valence electrons. The lowest BCUT2D eigenvalue weighted by molar-refractivity contribution is -0.147. The Kier molecular flexibility index (Phi) is 2.95. The summed E-state index contributed by atoms with van der Waals surface area (Å²) in [4.78, 5) is 26.4. The molecule has 0 spiro atoms. The first-order valence-corrected chi connectivity index (χ1v) is 4.07. The number of hydrogen-bond donors (Lipinski definition) is 0. The molecule has 1 unspecified atom stereocenters. The quantitative estimate of drug-likeness (QED) is 0.466. The van der Waals surface area contributed by atoms with Crippen LogP contribution in [0.3, 0.4) is 0 Å². The first-order valence-electron chi connectivity index (χ1n) is 4.07. The maximum atomic E-state index is 11.4. The van der Waals surface area contributed by atoms with Crippen LogP contribution in [-0.4, -0.2) is 24.6 Å². The highest BCUT2D eigenvalue weighted by atomic mass is 16.5. The molecule has 1 aliphatic rings. The summed E-state index contributed by atoms with van der Waals surface area (Å²) >= 11 is 0. The summed E-state index contributed by atoms with van der Waals surface area (Å²) in [6.07, 6.45) is 2.76. The number of carbonyl (C=O) groups excluding carboxylic acids is 2. The molecular formula is C9H11NO3. The van der Waals surface area contributed by atoms with E-state index >= 15 is 0 Å². The van der Waals surface area contributed by atoms with Gasteiger partial charge in [-0.25, -0.2) is 0 Å². The van der Waals surface area contributed by atoms with E-state index in [-0.39, 0.29) is 12.4 Å². The van der Waals surface area contributed by atoms with Gasteiger partial charge in [0.25, 0.3) is 0 Å². The molecule has 0 aromatic heterocycles. The van der Waals surface area contributed by atoms with Crippen molar-refractivity contribution in [2.75, 3.05) is 6.61 Å². The summed E-state index contributed by atoms with van der Waals surface area (Å²) in [6, 6.07) is 0. The van der Waals surface area contributed by atoms with Gasteiger partial charge in [0.15, 0.2) is 11.7 Å². The van der Waals surface area contributed by atoms with Crippen molar-refractivity contribution in [3.63, 3.8) is 0 Å². The molecule has 0 saturated carbocycles. The summed E-state index contributed by atoms with van der Waals surface area (Å²) in [5.41, 5.74) is 0.487. The number of allylic oxidation sites excluding steroid dienone is 1. The fraction of sp³-hybridized carbons (Fsp3) is 0.444. The predicted molar refractivity (Wildman–Crippen MR) is 47.4 cm³/mol. The highest BCUT2D eigenvalue weighted by molar-refractivity contribution is 6.19. The van der Waals surface area contributed by atoms with E-state index in [9.17, 15) is 9.59 Å². The standard InChI is InChI=1S/C9H11NO3/c1-3-13-9(12)7-5-10-4-6(2)8(7)11/h4-5,7H,3H2,1-2H3. The number of rotatable bonds is 2. The second kappa shape index (κ2) is 3.98. The fourth-order valence-corrected chi connectivity index (χ4v) is 1.02. The van der Waals surface area contributed by atoms with Crippen molar-refractivity contribution in [2.45, 2.75) is 13.8 Å². The van der Waals surface area contributed by atoms with Gasteiger partial charge in [-0.1, -0.05) is 0 Å². The van der Waals surface area contributed by atoms with Gasteiger partial charge in [-0.2, -0.15) is 0 Å². The Bertz CT molecular complexity index is 291. The Morgan fingerprint density at radius 3 is 3.00 bits per heavy atom. The molecule has 1 rings (SSSR count). The maximum absolute atomic E-state index is 11.4. The highest BCUT2D eigenvalue weighted by Crippen LogP contribution is 2.11. The lowest BCUT2D eigenvalue weighted by atomic mass is 9.99. The van der Waals surface area contributed by atoms with Crippen molar-refractivity contribution in [1.82, 2.24) is 0 Å². The van der Waals surface area contributed by atoms with Crippen LogP contribution in [0.4, 0.5) is 0 Å². The molecule has 1 aliphatic heterocycles. The minimum absolute atomic E-state index is 0.228. The topological polar surface area (TPSA) is 55.7 Å². The smallest absolute Gasteiger partial charge is 0.322 e. The number of carbonyl (C=O) groups is 2. The lowest BCUT2D eigenvalue weighted by Crippen LogP contribution is -2.29. The largest absolute Gasteiger partial charge is 0.465 e. The van der Waals surface area contributed by atoms with E-state index in [1.807, 2.05) is 0 Å². The molecule has 4 heteroatoms. The molecule has 1 atom stereocenters. The monoisotopic (exact) mass is 181 g/mol. The molecule has 0 aliphatic carbocycles. The zero-order valence-electron chi connectivity index (χ0n) is 7.61. The Hall–Kier alpha value is -1.45. The third-order valence-corrected chi connectivity index (χ3v) is 1.71. The van der Waals surface area contributed by atoms with Gasteiger partial charge in [-0.05, 0) is 13.8 Å². The molecule has 0 amide bonds. The summed E-state index contributed by atoms with van der Waals surface area (Å²) in [5.74, 6) is -1.60. The summed E-state index contributed by atoms with van der Waals surface area (Å²) < 4.78 is 4.72. The molecule has 0 N–H and O–H groups in total. The Morgan fingerprint density at radius 2 is 2.38 bits per heavy atom. The van der Waals surface area contributed by atoms with Gasteiger partial charge in [-0.3, -0.25) is 14.6 Å². The molecule has 0 aromatic carbocycles. The van der Waals surface area contributed by atoms with Crippen molar-refractivity contribution < 1.29 is 14.3 Å². The van der Waals surface area contributed by atoms with E-state index in [1.54, 1.807) is 13.8 Å². The number of aliphatic imine (C=N–C) groups is 1. The molecule has 4 nitrogen and oxygen atoms in total. The van der Waals surface area contributed by atoms with Crippen molar-refractivity contribution in [3.05, 3.63) is 11.8 Å². The first-order chi connectivity index (χ1) is 6.16. The van der Waals surface area contributed by atoms with Gasteiger partial charge < -0.3 is 4.74 Å². The SMILES string of the molecule is CCOC(=O)C1C=NC=C(C)C1=O. The van der Waals surface area contributed by atoms with Gasteiger partial charge >= 0.3 is 5.97 Å². The highest BCUT2D eigenvalue weighted by Gasteiger charge is 2.28. The maximum Gasteiger partial charge on any atom is 0.322 e. The van der Waals surface area contributed by atoms with Crippen LogP contribution in [0.1, 0.15) is 13.8 Å².